The van der Waals surface area contributed by atoms with Crippen molar-refractivity contribution in [1.82, 2.24) is 0 Å². The Morgan fingerprint density at radius 3 is 2.21 bits per heavy atom. The molecule has 1 aliphatic rings. The molecule has 7 nitrogen and oxygen atoms in total. The quantitative estimate of drug-likeness (QED) is 0.684. The fraction of sp³-hybridized carbons (Fsp3) is 0.632. The minimum atomic E-state index is -3.98. The summed E-state index contributed by atoms with van der Waals surface area (Å²) in [5.74, 6) is -0.208. The molecular formula is C19H30ClNO6S. The molecule has 2 N–H and O–H groups in total. The van der Waals surface area contributed by atoms with Crippen LogP contribution in [-0.4, -0.2) is 50.6 Å². The summed E-state index contributed by atoms with van der Waals surface area (Å²) < 4.78 is 41.4. The number of ether oxygens (including phenoxy) is 3. The molecule has 0 spiro atoms. The van der Waals surface area contributed by atoms with Gasteiger partial charge in [-0.05, 0) is 52.0 Å². The van der Waals surface area contributed by atoms with Gasteiger partial charge >= 0.3 is 5.97 Å². The van der Waals surface area contributed by atoms with E-state index < -0.39 is 26.2 Å². The number of rotatable bonds is 6. The van der Waals surface area contributed by atoms with Crippen LogP contribution >= 0.6 is 12.4 Å². The SMILES string of the molecule is C[C@@H](N)COc1ccc(S(=O)(=O)C2(C(=O)OC(C)(C)C)CCOCC2)cc1.Cl. The van der Waals surface area contributed by atoms with Crippen LogP contribution in [-0.2, 0) is 24.1 Å². The molecule has 0 aliphatic carbocycles. The number of halogens is 1. The van der Waals surface area contributed by atoms with E-state index in [2.05, 4.69) is 0 Å². The molecule has 1 atom stereocenters. The molecule has 1 aliphatic heterocycles. The zero-order valence-electron chi connectivity index (χ0n) is 16.8. The third-order valence-corrected chi connectivity index (χ3v) is 6.73. The Morgan fingerprint density at radius 1 is 1.21 bits per heavy atom. The van der Waals surface area contributed by atoms with Crippen molar-refractivity contribution in [2.24, 2.45) is 5.73 Å². The van der Waals surface area contributed by atoms with Crippen molar-refractivity contribution in [1.29, 1.82) is 0 Å². The first kappa shape index (κ1) is 24.7. The van der Waals surface area contributed by atoms with Crippen molar-refractivity contribution < 1.29 is 27.4 Å². The summed E-state index contributed by atoms with van der Waals surface area (Å²) in [7, 11) is -3.98. The van der Waals surface area contributed by atoms with Crippen molar-refractivity contribution >= 4 is 28.2 Å². The van der Waals surface area contributed by atoms with Crippen molar-refractivity contribution in [2.75, 3.05) is 19.8 Å². The highest BCUT2D eigenvalue weighted by atomic mass is 35.5. The van der Waals surface area contributed by atoms with Gasteiger partial charge in [-0.15, -0.1) is 12.4 Å². The first-order valence-electron chi connectivity index (χ1n) is 9.02. The van der Waals surface area contributed by atoms with E-state index in [1.54, 1.807) is 32.9 Å². The third-order valence-electron chi connectivity index (χ3n) is 4.23. The first-order valence-corrected chi connectivity index (χ1v) is 10.5. The molecule has 1 aromatic carbocycles. The third kappa shape index (κ3) is 5.59. The summed E-state index contributed by atoms with van der Waals surface area (Å²) in [4.78, 5) is 13.0. The van der Waals surface area contributed by atoms with E-state index in [1.807, 2.05) is 6.92 Å². The number of carbonyl (C=O) groups excluding carboxylic acids is 1. The van der Waals surface area contributed by atoms with E-state index in [-0.39, 0.29) is 49.4 Å². The Kier molecular flexibility index (Phi) is 8.32. The molecule has 0 amide bonds. The maximum absolute atomic E-state index is 13.4. The molecule has 2 rings (SSSR count). The molecule has 9 heteroatoms. The van der Waals surface area contributed by atoms with Crippen LogP contribution in [0.15, 0.2) is 29.2 Å². The molecule has 1 aromatic rings. The lowest BCUT2D eigenvalue weighted by Gasteiger charge is -2.36. The number of sulfone groups is 1. The highest BCUT2D eigenvalue weighted by molar-refractivity contribution is 7.93. The lowest BCUT2D eigenvalue weighted by Crippen LogP contribution is -2.53. The van der Waals surface area contributed by atoms with E-state index in [4.69, 9.17) is 19.9 Å². The maximum Gasteiger partial charge on any atom is 0.328 e. The fourth-order valence-corrected chi connectivity index (χ4v) is 4.73. The van der Waals surface area contributed by atoms with Gasteiger partial charge in [0, 0.05) is 32.1 Å². The minimum Gasteiger partial charge on any atom is -0.492 e. The Balaban J connectivity index is 0.00000392. The number of nitrogens with two attached hydrogens (primary N) is 1. The van der Waals surface area contributed by atoms with Crippen molar-refractivity contribution in [3.05, 3.63) is 24.3 Å². The molecule has 1 heterocycles. The molecule has 160 valence electrons. The first-order chi connectivity index (χ1) is 12.5. The van der Waals surface area contributed by atoms with Crippen LogP contribution in [0.5, 0.6) is 5.75 Å². The highest BCUT2D eigenvalue weighted by Crippen LogP contribution is 2.37. The molecule has 1 fully saturated rings. The number of benzene rings is 1. The summed E-state index contributed by atoms with van der Waals surface area (Å²) in [5.41, 5.74) is 4.87. The number of esters is 1. The zero-order valence-corrected chi connectivity index (χ0v) is 18.4. The normalized spacial score (nSPS) is 17.9. The van der Waals surface area contributed by atoms with Crippen LogP contribution in [0.3, 0.4) is 0 Å². The smallest absolute Gasteiger partial charge is 0.328 e. The van der Waals surface area contributed by atoms with Crippen molar-refractivity contribution in [3.63, 3.8) is 0 Å². The molecule has 28 heavy (non-hydrogen) atoms. The molecule has 0 aromatic heterocycles. The van der Waals surface area contributed by atoms with Gasteiger partial charge in [0.1, 0.15) is 18.0 Å². The van der Waals surface area contributed by atoms with Gasteiger partial charge in [0.2, 0.25) is 0 Å². The number of carbonyl (C=O) groups is 1. The maximum atomic E-state index is 13.4. The summed E-state index contributed by atoms with van der Waals surface area (Å²) in [6.07, 6.45) is 0.125. The monoisotopic (exact) mass is 435 g/mol. The van der Waals surface area contributed by atoms with Gasteiger partial charge in [-0.1, -0.05) is 0 Å². The lowest BCUT2D eigenvalue weighted by molar-refractivity contribution is -0.160. The Hall–Kier alpha value is -1.35. The summed E-state index contributed by atoms with van der Waals surface area (Å²) in [6, 6.07) is 5.90. The van der Waals surface area contributed by atoms with E-state index in [1.165, 1.54) is 12.1 Å². The average Bonchev–Trinajstić information content (AvgIpc) is 2.59. The van der Waals surface area contributed by atoms with Crippen LogP contribution in [0.4, 0.5) is 0 Å². The van der Waals surface area contributed by atoms with E-state index >= 15 is 0 Å². The predicted molar refractivity (Wildman–Crippen MR) is 109 cm³/mol. The van der Waals surface area contributed by atoms with Gasteiger partial charge in [-0.25, -0.2) is 8.42 Å². The minimum absolute atomic E-state index is 0. The van der Waals surface area contributed by atoms with Gasteiger partial charge < -0.3 is 19.9 Å². The largest absolute Gasteiger partial charge is 0.492 e. The average molecular weight is 436 g/mol. The van der Waals surface area contributed by atoms with E-state index in [0.717, 1.165) is 0 Å². The van der Waals surface area contributed by atoms with Crippen LogP contribution in [0.1, 0.15) is 40.5 Å². The fourth-order valence-electron chi connectivity index (χ4n) is 2.82. The van der Waals surface area contributed by atoms with Gasteiger partial charge in [-0.2, -0.15) is 0 Å². The second-order valence-electron chi connectivity index (χ2n) is 7.87. The van der Waals surface area contributed by atoms with Crippen LogP contribution in [0, 0.1) is 0 Å². The van der Waals surface area contributed by atoms with Gasteiger partial charge in [0.05, 0.1) is 4.90 Å². The molecule has 0 bridgehead atoms. The topological polar surface area (TPSA) is 105 Å². The number of hydrogen-bond acceptors (Lipinski definition) is 7. The van der Waals surface area contributed by atoms with Crippen molar-refractivity contribution in [2.45, 2.75) is 61.8 Å². The summed E-state index contributed by atoms with van der Waals surface area (Å²) >= 11 is 0. The van der Waals surface area contributed by atoms with Crippen LogP contribution in [0.25, 0.3) is 0 Å². The standard InChI is InChI=1S/C19H29NO6S.ClH/c1-14(20)13-25-15-5-7-16(8-6-15)27(22,23)19(9-11-24-12-10-19)17(21)26-18(2,3)4;/h5-8,14H,9-13,20H2,1-4H3;1H/t14-;/m1./s1. The summed E-state index contributed by atoms with van der Waals surface area (Å²) in [5, 5.41) is 0. The number of hydrogen-bond donors (Lipinski definition) is 1. The predicted octanol–water partition coefficient (Wildman–Crippen LogP) is 2.50. The van der Waals surface area contributed by atoms with Gasteiger partial charge in [0.25, 0.3) is 0 Å². The Bertz CT molecular complexity index is 750. The molecular weight excluding hydrogens is 406 g/mol. The van der Waals surface area contributed by atoms with Gasteiger partial charge in [-0.3, -0.25) is 4.79 Å². The van der Waals surface area contributed by atoms with Crippen LogP contribution < -0.4 is 10.5 Å². The summed E-state index contributed by atoms with van der Waals surface area (Å²) in [6.45, 7) is 7.67. The van der Waals surface area contributed by atoms with Crippen molar-refractivity contribution in [3.8, 4) is 5.75 Å². The Morgan fingerprint density at radius 2 is 1.75 bits per heavy atom. The second-order valence-corrected chi connectivity index (χ2v) is 10.1. The van der Waals surface area contributed by atoms with E-state index in [0.29, 0.717) is 12.4 Å². The highest BCUT2D eigenvalue weighted by Gasteiger charge is 2.54. The molecule has 0 saturated carbocycles. The zero-order chi connectivity index (χ0) is 20.3. The second kappa shape index (κ2) is 9.43. The Labute approximate surface area is 173 Å². The lowest BCUT2D eigenvalue weighted by atomic mass is 9.99. The molecule has 1 saturated heterocycles. The molecule has 0 radical (unpaired) electrons. The molecule has 0 unspecified atom stereocenters. The van der Waals surface area contributed by atoms with E-state index in [9.17, 15) is 13.2 Å². The van der Waals surface area contributed by atoms with Crippen LogP contribution in [0.2, 0.25) is 0 Å². The van der Waals surface area contributed by atoms with Gasteiger partial charge in [0.15, 0.2) is 14.6 Å².